The van der Waals surface area contributed by atoms with Gasteiger partial charge in [-0.2, -0.15) is 10.1 Å². The van der Waals surface area contributed by atoms with Gasteiger partial charge in [-0.1, -0.05) is 12.1 Å². The fourth-order valence-corrected chi connectivity index (χ4v) is 2.41. The van der Waals surface area contributed by atoms with Gasteiger partial charge in [-0.3, -0.25) is 0 Å². The summed E-state index contributed by atoms with van der Waals surface area (Å²) >= 11 is 0. The molecule has 6 nitrogen and oxygen atoms in total. The molecule has 5 N–H and O–H groups in total. The van der Waals surface area contributed by atoms with E-state index in [1.54, 1.807) is 0 Å². The van der Waals surface area contributed by atoms with Crippen molar-refractivity contribution in [1.29, 1.82) is 0 Å². The van der Waals surface area contributed by atoms with E-state index in [9.17, 15) is 0 Å². The first-order valence-electron chi connectivity index (χ1n) is 6.52. The van der Waals surface area contributed by atoms with Crippen LogP contribution in [0.5, 0.6) is 0 Å². The molecule has 1 atom stereocenters. The van der Waals surface area contributed by atoms with Crippen molar-refractivity contribution >= 4 is 11.6 Å². The maximum Gasteiger partial charge on any atom is 0.221 e. The first-order valence-corrected chi connectivity index (χ1v) is 6.52. The van der Waals surface area contributed by atoms with Crippen molar-refractivity contribution in [2.75, 3.05) is 24.1 Å². The molecule has 1 aliphatic heterocycles. The van der Waals surface area contributed by atoms with E-state index in [2.05, 4.69) is 27.5 Å². The van der Waals surface area contributed by atoms with Gasteiger partial charge in [0.15, 0.2) is 5.82 Å². The Kier molecular flexibility index (Phi) is 3.08. The number of nitrogens with zero attached hydrogens (tertiary/aromatic N) is 3. The van der Waals surface area contributed by atoms with Crippen molar-refractivity contribution in [2.45, 2.75) is 18.9 Å². The standard InChI is InChI=1S/C13H18N6/c14-7-5-12-17-13-16-8-6-11(19(13)18-12)9-1-3-10(15)4-2-9/h1-4,11H,5-8,14-15H2,(H,16,17,18). The van der Waals surface area contributed by atoms with Gasteiger partial charge < -0.3 is 16.8 Å². The number of nitrogen functional groups attached to an aromatic ring is 1. The number of benzene rings is 1. The highest BCUT2D eigenvalue weighted by atomic mass is 15.4. The minimum absolute atomic E-state index is 0.218. The summed E-state index contributed by atoms with van der Waals surface area (Å²) in [5.41, 5.74) is 13.3. The van der Waals surface area contributed by atoms with Crippen molar-refractivity contribution in [3.63, 3.8) is 0 Å². The van der Waals surface area contributed by atoms with Gasteiger partial charge in [0.2, 0.25) is 5.95 Å². The van der Waals surface area contributed by atoms with Crippen LogP contribution >= 0.6 is 0 Å². The fraction of sp³-hybridized carbons (Fsp3) is 0.385. The Labute approximate surface area is 111 Å². The lowest BCUT2D eigenvalue weighted by atomic mass is 10.0. The molecule has 1 unspecified atom stereocenters. The zero-order valence-electron chi connectivity index (χ0n) is 10.7. The monoisotopic (exact) mass is 258 g/mol. The highest BCUT2D eigenvalue weighted by molar-refractivity contribution is 5.41. The van der Waals surface area contributed by atoms with Gasteiger partial charge in [0, 0.05) is 18.7 Å². The molecule has 1 aromatic heterocycles. The third-order valence-corrected chi connectivity index (χ3v) is 3.36. The molecule has 19 heavy (non-hydrogen) atoms. The van der Waals surface area contributed by atoms with Gasteiger partial charge in [0.25, 0.3) is 0 Å². The normalized spacial score (nSPS) is 17.8. The van der Waals surface area contributed by atoms with Crippen LogP contribution in [-0.4, -0.2) is 27.9 Å². The van der Waals surface area contributed by atoms with Gasteiger partial charge in [-0.25, -0.2) is 4.68 Å². The maximum absolute atomic E-state index is 5.73. The van der Waals surface area contributed by atoms with Gasteiger partial charge in [0.05, 0.1) is 6.04 Å². The van der Waals surface area contributed by atoms with Crippen LogP contribution in [0, 0.1) is 0 Å². The molecule has 0 radical (unpaired) electrons. The number of rotatable bonds is 3. The lowest BCUT2D eigenvalue weighted by Crippen LogP contribution is -2.24. The molecule has 100 valence electrons. The Hall–Kier alpha value is -2.08. The van der Waals surface area contributed by atoms with Gasteiger partial charge >= 0.3 is 0 Å². The van der Waals surface area contributed by atoms with E-state index >= 15 is 0 Å². The number of nitrogens with two attached hydrogens (primary N) is 2. The Morgan fingerprint density at radius 1 is 1.32 bits per heavy atom. The molecule has 0 bridgehead atoms. The average molecular weight is 258 g/mol. The molecule has 6 heteroatoms. The molecule has 0 aliphatic carbocycles. The van der Waals surface area contributed by atoms with Crippen molar-refractivity contribution < 1.29 is 0 Å². The van der Waals surface area contributed by atoms with Crippen molar-refractivity contribution in [1.82, 2.24) is 14.8 Å². The number of nitrogens with one attached hydrogen (secondary N) is 1. The summed E-state index contributed by atoms with van der Waals surface area (Å²) in [6, 6.07) is 8.18. The minimum Gasteiger partial charge on any atom is -0.399 e. The van der Waals surface area contributed by atoms with Crippen LogP contribution in [0.4, 0.5) is 11.6 Å². The van der Waals surface area contributed by atoms with Crippen LogP contribution in [-0.2, 0) is 6.42 Å². The summed E-state index contributed by atoms with van der Waals surface area (Å²) in [5.74, 6) is 1.63. The van der Waals surface area contributed by atoms with E-state index in [1.807, 2.05) is 16.8 Å². The Morgan fingerprint density at radius 3 is 2.84 bits per heavy atom. The Bertz CT molecular complexity index is 559. The third-order valence-electron chi connectivity index (χ3n) is 3.36. The molecule has 0 fully saturated rings. The number of aromatic nitrogens is 3. The molecular formula is C13H18N6. The second-order valence-electron chi connectivity index (χ2n) is 4.73. The highest BCUT2D eigenvalue weighted by Crippen LogP contribution is 2.28. The highest BCUT2D eigenvalue weighted by Gasteiger charge is 2.24. The molecule has 1 aliphatic rings. The van der Waals surface area contributed by atoms with Crippen LogP contribution in [0.1, 0.15) is 23.9 Å². The van der Waals surface area contributed by atoms with Crippen LogP contribution in [0.15, 0.2) is 24.3 Å². The van der Waals surface area contributed by atoms with E-state index in [0.29, 0.717) is 13.0 Å². The van der Waals surface area contributed by atoms with Gasteiger partial charge in [-0.05, 0) is 30.7 Å². The lowest BCUT2D eigenvalue weighted by molar-refractivity contribution is 0.477. The maximum atomic E-state index is 5.73. The fourth-order valence-electron chi connectivity index (χ4n) is 2.41. The number of fused-ring (bicyclic) bond motifs is 1. The van der Waals surface area contributed by atoms with Crippen LogP contribution in [0.3, 0.4) is 0 Å². The average Bonchev–Trinajstić information content (AvgIpc) is 2.82. The first kappa shape index (κ1) is 12.0. The molecule has 3 rings (SSSR count). The van der Waals surface area contributed by atoms with Crippen LogP contribution < -0.4 is 16.8 Å². The zero-order chi connectivity index (χ0) is 13.2. The van der Waals surface area contributed by atoms with E-state index in [1.165, 1.54) is 5.56 Å². The van der Waals surface area contributed by atoms with Crippen molar-refractivity contribution in [2.24, 2.45) is 5.73 Å². The topological polar surface area (TPSA) is 94.8 Å². The lowest BCUT2D eigenvalue weighted by Gasteiger charge is -2.24. The number of hydrogen-bond donors (Lipinski definition) is 3. The molecule has 2 heterocycles. The summed E-state index contributed by atoms with van der Waals surface area (Å²) in [5, 5.41) is 7.83. The predicted molar refractivity (Wildman–Crippen MR) is 74.9 cm³/mol. The summed E-state index contributed by atoms with van der Waals surface area (Å²) in [7, 11) is 0. The van der Waals surface area contributed by atoms with Gasteiger partial charge in [-0.15, -0.1) is 0 Å². The summed E-state index contributed by atoms with van der Waals surface area (Å²) in [6.07, 6.45) is 1.69. The first-order chi connectivity index (χ1) is 9.28. The zero-order valence-corrected chi connectivity index (χ0v) is 10.7. The minimum atomic E-state index is 0.218. The van der Waals surface area contributed by atoms with Gasteiger partial charge in [0.1, 0.15) is 0 Å². The van der Waals surface area contributed by atoms with Crippen LogP contribution in [0.2, 0.25) is 0 Å². The molecule has 2 aromatic rings. The molecule has 0 amide bonds. The largest absolute Gasteiger partial charge is 0.399 e. The third kappa shape index (κ3) is 2.26. The molecule has 0 saturated heterocycles. The SMILES string of the molecule is NCCc1nc2n(n1)C(c1ccc(N)cc1)CCN2. The number of anilines is 2. The van der Waals surface area contributed by atoms with E-state index in [4.69, 9.17) is 11.5 Å². The number of hydrogen-bond acceptors (Lipinski definition) is 5. The van der Waals surface area contributed by atoms with Crippen molar-refractivity contribution in [3.05, 3.63) is 35.7 Å². The predicted octanol–water partition coefficient (Wildman–Crippen LogP) is 0.766. The second kappa shape index (κ2) is 4.89. The Balaban J connectivity index is 1.95. The summed E-state index contributed by atoms with van der Waals surface area (Å²) in [6.45, 7) is 1.46. The molecule has 0 spiro atoms. The van der Waals surface area contributed by atoms with E-state index in [-0.39, 0.29) is 6.04 Å². The van der Waals surface area contributed by atoms with Crippen LogP contribution in [0.25, 0.3) is 0 Å². The van der Waals surface area contributed by atoms with E-state index in [0.717, 1.165) is 30.4 Å². The summed E-state index contributed by atoms with van der Waals surface area (Å²) in [4.78, 5) is 4.47. The molecular weight excluding hydrogens is 240 g/mol. The quantitative estimate of drug-likeness (QED) is 0.707. The molecule has 0 saturated carbocycles. The smallest absolute Gasteiger partial charge is 0.221 e. The second-order valence-corrected chi connectivity index (χ2v) is 4.73. The van der Waals surface area contributed by atoms with Crippen molar-refractivity contribution in [3.8, 4) is 0 Å². The molecule has 1 aromatic carbocycles. The van der Waals surface area contributed by atoms with E-state index < -0.39 is 0 Å². The summed E-state index contributed by atoms with van der Waals surface area (Å²) < 4.78 is 1.96. The Morgan fingerprint density at radius 2 is 2.11 bits per heavy atom.